The van der Waals surface area contributed by atoms with Crippen LogP contribution in [0.5, 0.6) is 0 Å². The molecule has 7 nitrogen and oxygen atoms in total. The van der Waals surface area contributed by atoms with Gasteiger partial charge in [-0.05, 0) is 31.0 Å². The number of hydrogen-bond donors (Lipinski definition) is 0. The molecule has 1 saturated heterocycles. The second-order valence-electron chi connectivity index (χ2n) is 5.94. The summed E-state index contributed by atoms with van der Waals surface area (Å²) in [5, 5.41) is 8.56. The summed E-state index contributed by atoms with van der Waals surface area (Å²) in [5.41, 5.74) is 0.592. The minimum Gasteiger partial charge on any atom is -0.411 e. The van der Waals surface area contributed by atoms with Gasteiger partial charge in [0.15, 0.2) is 0 Å². The third-order valence-electron chi connectivity index (χ3n) is 4.25. The number of sulfonamides is 1. The quantitative estimate of drug-likeness (QED) is 0.633. The van der Waals surface area contributed by atoms with Gasteiger partial charge in [0.05, 0.1) is 11.0 Å². The van der Waals surface area contributed by atoms with Gasteiger partial charge in [-0.15, -0.1) is 10.2 Å². The summed E-state index contributed by atoms with van der Waals surface area (Å²) < 4.78 is 38.0. The van der Waals surface area contributed by atoms with E-state index in [9.17, 15) is 8.42 Å². The van der Waals surface area contributed by atoms with Crippen LogP contribution in [0.2, 0.25) is 0 Å². The first-order valence-corrected chi connectivity index (χ1v) is 11.2. The predicted octanol–water partition coefficient (Wildman–Crippen LogP) is 3.04. The highest BCUT2D eigenvalue weighted by atomic mass is 32.2. The lowest BCUT2D eigenvalue weighted by molar-refractivity contribution is 0.128. The molecule has 1 aliphatic rings. The Morgan fingerprint density at radius 2 is 2.08 bits per heavy atom. The van der Waals surface area contributed by atoms with Crippen LogP contribution in [0.4, 0.5) is 0 Å². The summed E-state index contributed by atoms with van der Waals surface area (Å²) >= 11 is 1.46. The molecule has 1 fully saturated rings. The first-order chi connectivity index (χ1) is 12.5. The summed E-state index contributed by atoms with van der Waals surface area (Å²) in [4.78, 5) is 0.227. The minimum atomic E-state index is -3.52. The topological polar surface area (TPSA) is 85.5 Å². The van der Waals surface area contributed by atoms with E-state index in [1.165, 1.54) is 16.1 Å². The standard InChI is InChI=1S/C17H23N3O4S2/c1-3-20(4-2)26(21,22)15-9-5-7-13(11-15)16-18-19-17(24-16)25-12-14-8-6-10-23-14/h5,7,9,11,14H,3-4,6,8,10,12H2,1-2H3/t14-/m0/s1. The largest absolute Gasteiger partial charge is 0.411 e. The van der Waals surface area contributed by atoms with Crippen molar-refractivity contribution in [1.29, 1.82) is 0 Å². The highest BCUT2D eigenvalue weighted by Gasteiger charge is 2.23. The van der Waals surface area contributed by atoms with E-state index in [2.05, 4.69) is 10.2 Å². The molecule has 0 spiro atoms. The third kappa shape index (κ3) is 4.28. The maximum Gasteiger partial charge on any atom is 0.276 e. The van der Waals surface area contributed by atoms with Gasteiger partial charge in [-0.25, -0.2) is 8.42 Å². The molecule has 1 aromatic carbocycles. The Morgan fingerprint density at radius 3 is 2.77 bits per heavy atom. The van der Waals surface area contributed by atoms with Crippen molar-refractivity contribution in [2.24, 2.45) is 0 Å². The molecule has 1 atom stereocenters. The molecule has 0 unspecified atom stereocenters. The fraction of sp³-hybridized carbons (Fsp3) is 0.529. The van der Waals surface area contributed by atoms with Crippen molar-refractivity contribution in [3.63, 3.8) is 0 Å². The Kier molecular flexibility index (Phi) is 6.33. The molecule has 1 aromatic heterocycles. The number of rotatable bonds is 8. The van der Waals surface area contributed by atoms with Crippen LogP contribution in [0, 0.1) is 0 Å². The molecule has 3 rings (SSSR count). The average molecular weight is 398 g/mol. The normalized spacial score (nSPS) is 17.9. The molecular weight excluding hydrogens is 374 g/mol. The number of hydrogen-bond acceptors (Lipinski definition) is 7. The molecule has 2 heterocycles. The fourth-order valence-electron chi connectivity index (χ4n) is 2.83. The minimum absolute atomic E-state index is 0.227. The number of aromatic nitrogens is 2. The smallest absolute Gasteiger partial charge is 0.276 e. The Morgan fingerprint density at radius 1 is 1.27 bits per heavy atom. The monoisotopic (exact) mass is 397 g/mol. The molecule has 0 N–H and O–H groups in total. The van der Waals surface area contributed by atoms with E-state index in [0.717, 1.165) is 25.2 Å². The van der Waals surface area contributed by atoms with Gasteiger partial charge < -0.3 is 9.15 Å². The Bertz CT molecular complexity index is 828. The molecule has 0 bridgehead atoms. The summed E-state index contributed by atoms with van der Waals surface area (Å²) in [6, 6.07) is 6.62. The van der Waals surface area contributed by atoms with Gasteiger partial charge >= 0.3 is 0 Å². The molecule has 142 valence electrons. The maximum atomic E-state index is 12.7. The first-order valence-electron chi connectivity index (χ1n) is 8.73. The second kappa shape index (κ2) is 8.51. The number of ether oxygens (including phenoxy) is 1. The molecular formula is C17H23N3O4S2. The molecule has 0 radical (unpaired) electrons. The third-order valence-corrected chi connectivity index (χ3v) is 7.24. The SMILES string of the molecule is CCN(CC)S(=O)(=O)c1cccc(-c2nnc(SC[C@@H]3CCCO3)o2)c1. The van der Waals surface area contributed by atoms with Gasteiger partial charge in [-0.2, -0.15) is 4.31 Å². The van der Waals surface area contributed by atoms with Gasteiger partial charge in [0, 0.05) is 31.0 Å². The Balaban J connectivity index is 1.76. The molecule has 2 aromatic rings. The van der Waals surface area contributed by atoms with E-state index in [4.69, 9.17) is 9.15 Å². The lowest BCUT2D eigenvalue weighted by atomic mass is 10.2. The average Bonchev–Trinajstić information content (AvgIpc) is 3.33. The molecule has 0 aliphatic carbocycles. The predicted molar refractivity (Wildman–Crippen MR) is 99.5 cm³/mol. The molecule has 0 saturated carbocycles. The van der Waals surface area contributed by atoms with Crippen LogP contribution in [-0.4, -0.2) is 54.5 Å². The first kappa shape index (κ1) is 19.3. The summed E-state index contributed by atoms with van der Waals surface area (Å²) in [6.07, 6.45) is 2.38. The van der Waals surface area contributed by atoms with Crippen LogP contribution in [0.3, 0.4) is 0 Å². The van der Waals surface area contributed by atoms with E-state index in [1.54, 1.807) is 24.3 Å². The lowest BCUT2D eigenvalue weighted by Gasteiger charge is -2.18. The van der Waals surface area contributed by atoms with Crippen LogP contribution in [0.15, 0.2) is 38.8 Å². The number of nitrogens with zero attached hydrogens (tertiary/aromatic N) is 3. The van der Waals surface area contributed by atoms with Crippen LogP contribution in [-0.2, 0) is 14.8 Å². The second-order valence-corrected chi connectivity index (χ2v) is 8.85. The van der Waals surface area contributed by atoms with E-state index in [1.807, 2.05) is 13.8 Å². The highest BCUT2D eigenvalue weighted by Crippen LogP contribution is 2.28. The van der Waals surface area contributed by atoms with Crippen molar-refractivity contribution >= 4 is 21.8 Å². The fourth-order valence-corrected chi connectivity index (χ4v) is 5.16. The molecule has 0 amide bonds. The van der Waals surface area contributed by atoms with E-state index < -0.39 is 10.0 Å². The van der Waals surface area contributed by atoms with E-state index in [0.29, 0.717) is 29.8 Å². The Hall–Kier alpha value is -1.42. The highest BCUT2D eigenvalue weighted by molar-refractivity contribution is 7.99. The van der Waals surface area contributed by atoms with Gasteiger partial charge in [0.2, 0.25) is 15.9 Å². The zero-order valence-electron chi connectivity index (χ0n) is 14.9. The van der Waals surface area contributed by atoms with Gasteiger partial charge in [0.1, 0.15) is 0 Å². The Labute approximate surface area is 158 Å². The van der Waals surface area contributed by atoms with Gasteiger partial charge in [0.25, 0.3) is 5.22 Å². The number of thioether (sulfide) groups is 1. The zero-order chi connectivity index (χ0) is 18.6. The van der Waals surface area contributed by atoms with Crippen LogP contribution < -0.4 is 0 Å². The van der Waals surface area contributed by atoms with Crippen LogP contribution in [0.25, 0.3) is 11.5 Å². The van der Waals surface area contributed by atoms with Crippen molar-refractivity contribution in [2.75, 3.05) is 25.4 Å². The van der Waals surface area contributed by atoms with Crippen LogP contribution >= 0.6 is 11.8 Å². The molecule has 9 heteroatoms. The van der Waals surface area contributed by atoms with E-state index in [-0.39, 0.29) is 11.0 Å². The van der Waals surface area contributed by atoms with Crippen molar-refractivity contribution in [1.82, 2.24) is 14.5 Å². The van der Waals surface area contributed by atoms with Gasteiger partial charge in [-0.3, -0.25) is 0 Å². The maximum absolute atomic E-state index is 12.7. The van der Waals surface area contributed by atoms with Gasteiger partial charge in [-0.1, -0.05) is 31.7 Å². The van der Waals surface area contributed by atoms with E-state index >= 15 is 0 Å². The van der Waals surface area contributed by atoms with Crippen molar-refractivity contribution in [2.45, 2.75) is 42.9 Å². The molecule has 1 aliphatic heterocycles. The lowest BCUT2D eigenvalue weighted by Crippen LogP contribution is -2.30. The molecule has 26 heavy (non-hydrogen) atoms. The zero-order valence-corrected chi connectivity index (χ0v) is 16.6. The number of benzene rings is 1. The summed E-state index contributed by atoms with van der Waals surface area (Å²) in [5.74, 6) is 1.09. The van der Waals surface area contributed by atoms with Crippen molar-refractivity contribution in [3.05, 3.63) is 24.3 Å². The van der Waals surface area contributed by atoms with Crippen LogP contribution in [0.1, 0.15) is 26.7 Å². The summed E-state index contributed by atoms with van der Waals surface area (Å²) in [7, 11) is -3.52. The van der Waals surface area contributed by atoms with Crippen molar-refractivity contribution in [3.8, 4) is 11.5 Å². The summed E-state index contributed by atoms with van der Waals surface area (Å²) in [6.45, 7) is 5.30. The van der Waals surface area contributed by atoms with Crippen molar-refractivity contribution < 1.29 is 17.6 Å².